The van der Waals surface area contributed by atoms with Crippen LogP contribution in [0.15, 0.2) is 0 Å². The molecular formula is C4H7NORh. The average molecular weight is 188 g/mol. The first kappa shape index (κ1) is 7.09. The van der Waals surface area contributed by atoms with Crippen LogP contribution in [0.25, 0.3) is 0 Å². The minimum absolute atomic E-state index is 0. The molecule has 1 rings (SSSR count). The molecule has 1 amide bonds. The summed E-state index contributed by atoms with van der Waals surface area (Å²) in [5.74, 6) is 0.204. The molecule has 0 aliphatic carbocycles. The summed E-state index contributed by atoms with van der Waals surface area (Å²) in [7, 11) is 0. The SMILES string of the molecule is O=C1CCCN1.[Rh]. The summed E-state index contributed by atoms with van der Waals surface area (Å²) >= 11 is 0. The molecule has 2 nitrogen and oxygen atoms in total. The van der Waals surface area contributed by atoms with Gasteiger partial charge in [-0.2, -0.15) is 0 Å². The Bertz CT molecular complexity index is 66.1. The first-order valence-electron chi connectivity index (χ1n) is 2.16. The van der Waals surface area contributed by atoms with Gasteiger partial charge in [-0.3, -0.25) is 4.79 Å². The van der Waals surface area contributed by atoms with Crippen LogP contribution in [0.4, 0.5) is 0 Å². The van der Waals surface area contributed by atoms with Gasteiger partial charge in [-0.25, -0.2) is 0 Å². The fourth-order valence-electron chi connectivity index (χ4n) is 0.565. The van der Waals surface area contributed by atoms with Crippen molar-refractivity contribution in [3.05, 3.63) is 0 Å². The maximum absolute atomic E-state index is 10.1. The van der Waals surface area contributed by atoms with E-state index in [1.54, 1.807) is 0 Å². The smallest absolute Gasteiger partial charge is 0.220 e. The van der Waals surface area contributed by atoms with Crippen LogP contribution in [0.3, 0.4) is 0 Å². The van der Waals surface area contributed by atoms with Crippen LogP contribution in [-0.4, -0.2) is 12.5 Å². The molecule has 7 heavy (non-hydrogen) atoms. The van der Waals surface area contributed by atoms with Gasteiger partial charge in [0, 0.05) is 32.4 Å². The molecule has 1 aliphatic heterocycles. The van der Waals surface area contributed by atoms with Gasteiger partial charge in [0.25, 0.3) is 0 Å². The molecule has 1 radical (unpaired) electrons. The third-order valence-electron chi connectivity index (χ3n) is 0.903. The first-order valence-corrected chi connectivity index (χ1v) is 2.16. The Morgan fingerprint density at radius 2 is 2.29 bits per heavy atom. The van der Waals surface area contributed by atoms with Crippen LogP contribution in [0.1, 0.15) is 12.8 Å². The summed E-state index contributed by atoms with van der Waals surface area (Å²) < 4.78 is 0. The Balaban J connectivity index is 0.000000360. The zero-order chi connectivity index (χ0) is 4.41. The van der Waals surface area contributed by atoms with E-state index in [-0.39, 0.29) is 25.4 Å². The predicted octanol–water partition coefficient (Wildman–Crippen LogP) is -0.106. The number of carbonyl (C=O) groups excluding carboxylic acids is 1. The Morgan fingerprint density at radius 3 is 2.43 bits per heavy atom. The quantitative estimate of drug-likeness (QED) is 0.528. The third-order valence-corrected chi connectivity index (χ3v) is 0.903. The predicted molar refractivity (Wildman–Crippen MR) is 22.2 cm³/mol. The topological polar surface area (TPSA) is 29.1 Å². The standard InChI is InChI=1S/C4H7NO.Rh/c6-4-2-1-3-5-4;/h1-3H2,(H,5,6);. The van der Waals surface area contributed by atoms with Crippen molar-refractivity contribution in [2.45, 2.75) is 12.8 Å². The van der Waals surface area contributed by atoms with E-state index >= 15 is 0 Å². The molecule has 1 fully saturated rings. The number of carbonyl (C=O) groups is 1. The second-order valence-corrected chi connectivity index (χ2v) is 1.45. The number of hydrogen-bond donors (Lipinski definition) is 1. The van der Waals surface area contributed by atoms with E-state index in [1.165, 1.54) is 0 Å². The van der Waals surface area contributed by atoms with E-state index in [0.717, 1.165) is 19.4 Å². The summed E-state index contributed by atoms with van der Waals surface area (Å²) in [5, 5.41) is 2.68. The van der Waals surface area contributed by atoms with Gasteiger partial charge in [-0.05, 0) is 6.42 Å². The molecule has 0 aromatic carbocycles. The molecule has 0 unspecified atom stereocenters. The van der Waals surface area contributed by atoms with Crippen molar-refractivity contribution in [2.75, 3.05) is 6.54 Å². The molecule has 0 atom stereocenters. The van der Waals surface area contributed by atoms with Crippen molar-refractivity contribution in [2.24, 2.45) is 0 Å². The molecule has 0 spiro atoms. The number of amides is 1. The molecule has 0 saturated carbocycles. The molecule has 1 aliphatic rings. The maximum atomic E-state index is 10.1. The maximum Gasteiger partial charge on any atom is 0.220 e. The van der Waals surface area contributed by atoms with Crippen LogP contribution in [0, 0.1) is 0 Å². The number of hydrogen-bond acceptors (Lipinski definition) is 1. The summed E-state index contributed by atoms with van der Waals surface area (Å²) in [6.45, 7) is 0.888. The van der Waals surface area contributed by atoms with E-state index in [1.807, 2.05) is 0 Å². The second-order valence-electron chi connectivity index (χ2n) is 1.45. The minimum atomic E-state index is 0. The Hall–Kier alpha value is 0.0934. The van der Waals surface area contributed by atoms with Crippen molar-refractivity contribution >= 4 is 5.91 Å². The van der Waals surface area contributed by atoms with E-state index in [9.17, 15) is 4.79 Å². The van der Waals surface area contributed by atoms with Crippen molar-refractivity contribution in [3.8, 4) is 0 Å². The molecule has 1 saturated heterocycles. The zero-order valence-corrected chi connectivity index (χ0v) is 5.50. The van der Waals surface area contributed by atoms with Crippen LogP contribution in [0.5, 0.6) is 0 Å². The summed E-state index contributed by atoms with van der Waals surface area (Å²) in [6, 6.07) is 0. The molecule has 1 N–H and O–H groups in total. The van der Waals surface area contributed by atoms with Gasteiger partial charge in [0.15, 0.2) is 0 Å². The summed E-state index contributed by atoms with van der Waals surface area (Å²) in [6.07, 6.45) is 1.76. The zero-order valence-electron chi connectivity index (χ0n) is 3.86. The summed E-state index contributed by atoms with van der Waals surface area (Å²) in [4.78, 5) is 10.1. The van der Waals surface area contributed by atoms with Crippen LogP contribution in [0.2, 0.25) is 0 Å². The van der Waals surface area contributed by atoms with Gasteiger partial charge >= 0.3 is 0 Å². The van der Waals surface area contributed by atoms with Gasteiger partial charge in [-0.15, -0.1) is 0 Å². The molecule has 0 bridgehead atoms. The van der Waals surface area contributed by atoms with Crippen molar-refractivity contribution in [1.29, 1.82) is 0 Å². The number of rotatable bonds is 0. The van der Waals surface area contributed by atoms with Crippen molar-refractivity contribution < 1.29 is 24.3 Å². The Kier molecular flexibility index (Phi) is 3.18. The van der Waals surface area contributed by atoms with Crippen molar-refractivity contribution in [3.63, 3.8) is 0 Å². The average Bonchev–Trinajstić information content (AvgIpc) is 1.86. The minimum Gasteiger partial charge on any atom is -0.356 e. The van der Waals surface area contributed by atoms with E-state index in [0.29, 0.717) is 0 Å². The fraction of sp³-hybridized carbons (Fsp3) is 0.750. The molecule has 43 valence electrons. The van der Waals surface area contributed by atoms with Gasteiger partial charge in [0.2, 0.25) is 5.91 Å². The van der Waals surface area contributed by atoms with Crippen LogP contribution in [-0.2, 0) is 24.3 Å². The first-order chi connectivity index (χ1) is 2.89. The molecule has 3 heteroatoms. The van der Waals surface area contributed by atoms with E-state index in [2.05, 4.69) is 5.32 Å². The molecule has 1 heterocycles. The fourth-order valence-corrected chi connectivity index (χ4v) is 0.565. The molecule has 0 aromatic heterocycles. The molecule has 0 aromatic rings. The second kappa shape index (κ2) is 3.14. The summed E-state index contributed by atoms with van der Waals surface area (Å²) in [5.41, 5.74) is 0. The van der Waals surface area contributed by atoms with Gasteiger partial charge < -0.3 is 5.32 Å². The van der Waals surface area contributed by atoms with E-state index in [4.69, 9.17) is 0 Å². The van der Waals surface area contributed by atoms with Crippen molar-refractivity contribution in [1.82, 2.24) is 5.32 Å². The third kappa shape index (κ3) is 2.03. The Labute approximate surface area is 55.4 Å². The van der Waals surface area contributed by atoms with Crippen LogP contribution >= 0.6 is 0 Å². The van der Waals surface area contributed by atoms with Gasteiger partial charge in [-0.1, -0.05) is 0 Å². The van der Waals surface area contributed by atoms with Crippen LogP contribution < -0.4 is 5.32 Å². The largest absolute Gasteiger partial charge is 0.356 e. The van der Waals surface area contributed by atoms with E-state index < -0.39 is 0 Å². The normalized spacial score (nSPS) is 18.0. The molecular weight excluding hydrogens is 181 g/mol. The van der Waals surface area contributed by atoms with Gasteiger partial charge in [0.05, 0.1) is 0 Å². The number of nitrogens with one attached hydrogen (secondary N) is 1. The Morgan fingerprint density at radius 1 is 1.57 bits per heavy atom. The monoisotopic (exact) mass is 188 g/mol. The van der Waals surface area contributed by atoms with Gasteiger partial charge in [0.1, 0.15) is 0 Å².